The smallest absolute Gasteiger partial charge is 0.242 e. The first-order chi connectivity index (χ1) is 8.02. The summed E-state index contributed by atoms with van der Waals surface area (Å²) < 4.78 is 0. The summed E-state index contributed by atoms with van der Waals surface area (Å²) in [7, 11) is 0. The molecule has 98 valence electrons. The van der Waals surface area contributed by atoms with Gasteiger partial charge in [-0.25, -0.2) is 0 Å². The van der Waals surface area contributed by atoms with Crippen LogP contribution in [0.1, 0.15) is 46.0 Å². The average molecular weight is 241 g/mol. The third-order valence-electron chi connectivity index (χ3n) is 2.80. The van der Waals surface area contributed by atoms with Crippen LogP contribution in [0.25, 0.3) is 0 Å². The zero-order valence-electron chi connectivity index (χ0n) is 10.7. The van der Waals surface area contributed by atoms with Crippen LogP contribution < -0.4 is 16.4 Å². The molecule has 0 aromatic carbocycles. The molecule has 4 N–H and O–H groups in total. The van der Waals surface area contributed by atoms with Crippen LogP contribution in [-0.4, -0.2) is 29.9 Å². The zero-order chi connectivity index (χ0) is 12.8. The molecule has 2 amide bonds. The number of hydrogen-bond donors (Lipinski definition) is 3. The van der Waals surface area contributed by atoms with Crippen LogP contribution >= 0.6 is 0 Å². The Labute approximate surface area is 103 Å². The minimum atomic E-state index is -0.475. The van der Waals surface area contributed by atoms with Crippen LogP contribution in [0, 0.1) is 0 Å². The number of hydrogen-bond acceptors (Lipinski definition) is 3. The molecule has 0 bridgehead atoms. The summed E-state index contributed by atoms with van der Waals surface area (Å²) in [5.41, 5.74) is 5.77. The molecule has 1 aliphatic carbocycles. The van der Waals surface area contributed by atoms with E-state index in [0.29, 0.717) is 6.04 Å². The summed E-state index contributed by atoms with van der Waals surface area (Å²) in [5, 5.41) is 5.52. The summed E-state index contributed by atoms with van der Waals surface area (Å²) in [5.74, 6) is -0.255. The molecule has 0 spiro atoms. The van der Waals surface area contributed by atoms with Crippen LogP contribution in [0.4, 0.5) is 0 Å². The average Bonchev–Trinajstić information content (AvgIpc) is 3.01. The van der Waals surface area contributed by atoms with Crippen molar-refractivity contribution in [3.63, 3.8) is 0 Å². The van der Waals surface area contributed by atoms with Crippen molar-refractivity contribution in [1.82, 2.24) is 10.6 Å². The molecule has 0 heterocycles. The van der Waals surface area contributed by atoms with Gasteiger partial charge in [-0.15, -0.1) is 0 Å². The van der Waals surface area contributed by atoms with Crippen molar-refractivity contribution < 1.29 is 9.59 Å². The molecule has 1 aliphatic rings. The number of rotatable bonds is 7. The highest BCUT2D eigenvalue weighted by molar-refractivity contribution is 5.87. The Morgan fingerprint density at radius 1 is 1.41 bits per heavy atom. The number of amides is 2. The van der Waals surface area contributed by atoms with Gasteiger partial charge < -0.3 is 16.4 Å². The topological polar surface area (TPSA) is 84.2 Å². The maximum absolute atomic E-state index is 11.6. The van der Waals surface area contributed by atoms with Gasteiger partial charge in [0.2, 0.25) is 11.8 Å². The van der Waals surface area contributed by atoms with Crippen LogP contribution in [0.3, 0.4) is 0 Å². The van der Waals surface area contributed by atoms with Gasteiger partial charge in [0.1, 0.15) is 6.04 Å². The highest BCUT2D eigenvalue weighted by Crippen LogP contribution is 2.18. The molecule has 2 atom stereocenters. The fraction of sp³-hybridized carbons (Fsp3) is 0.833. The van der Waals surface area contributed by atoms with Crippen molar-refractivity contribution in [3.8, 4) is 0 Å². The number of carbonyl (C=O) groups is 2. The third-order valence-corrected chi connectivity index (χ3v) is 2.80. The number of nitrogens with two attached hydrogens (primary N) is 1. The molecule has 2 unspecified atom stereocenters. The quantitative estimate of drug-likeness (QED) is 0.599. The first-order valence-electron chi connectivity index (χ1n) is 6.38. The van der Waals surface area contributed by atoms with Gasteiger partial charge in [-0.1, -0.05) is 13.3 Å². The van der Waals surface area contributed by atoms with E-state index in [1.54, 1.807) is 6.92 Å². The Balaban J connectivity index is 2.21. The first kappa shape index (κ1) is 14.0. The first-order valence-corrected chi connectivity index (χ1v) is 6.38. The lowest BCUT2D eigenvalue weighted by atomic mass is 10.1. The second-order valence-corrected chi connectivity index (χ2v) is 4.82. The SMILES string of the molecule is CCCC(N)CC(=O)NC(C)C(=O)NC1CC1. The summed E-state index contributed by atoms with van der Waals surface area (Å²) in [6, 6.07) is -0.264. The Hall–Kier alpha value is -1.10. The molecule has 0 radical (unpaired) electrons. The fourth-order valence-corrected chi connectivity index (χ4v) is 1.63. The van der Waals surface area contributed by atoms with Crippen molar-refractivity contribution in [3.05, 3.63) is 0 Å². The highest BCUT2D eigenvalue weighted by Gasteiger charge is 2.26. The number of nitrogens with one attached hydrogen (secondary N) is 2. The monoisotopic (exact) mass is 241 g/mol. The van der Waals surface area contributed by atoms with E-state index >= 15 is 0 Å². The maximum Gasteiger partial charge on any atom is 0.242 e. The predicted molar refractivity (Wildman–Crippen MR) is 66.3 cm³/mol. The van der Waals surface area contributed by atoms with Gasteiger partial charge in [0, 0.05) is 18.5 Å². The fourth-order valence-electron chi connectivity index (χ4n) is 1.63. The summed E-state index contributed by atoms with van der Waals surface area (Å²) in [4.78, 5) is 23.2. The molecule has 1 fully saturated rings. The van der Waals surface area contributed by atoms with Crippen LogP contribution in [0.15, 0.2) is 0 Å². The molecule has 0 aromatic rings. The van der Waals surface area contributed by atoms with Gasteiger partial charge in [0.05, 0.1) is 0 Å². The van der Waals surface area contributed by atoms with E-state index in [1.807, 2.05) is 6.92 Å². The zero-order valence-corrected chi connectivity index (χ0v) is 10.7. The highest BCUT2D eigenvalue weighted by atomic mass is 16.2. The predicted octanol–water partition coefficient (Wildman–Crippen LogP) is 0.287. The molecular formula is C12H23N3O2. The molecule has 5 nitrogen and oxygen atoms in total. The lowest BCUT2D eigenvalue weighted by molar-refractivity contribution is -0.128. The Bertz CT molecular complexity index is 277. The van der Waals surface area contributed by atoms with Crippen molar-refractivity contribution in [2.75, 3.05) is 0 Å². The molecule has 1 saturated carbocycles. The largest absolute Gasteiger partial charge is 0.352 e. The second kappa shape index (κ2) is 6.59. The van der Waals surface area contributed by atoms with Crippen LogP contribution in [0.2, 0.25) is 0 Å². The van der Waals surface area contributed by atoms with Crippen molar-refractivity contribution in [2.45, 2.75) is 64.1 Å². The molecular weight excluding hydrogens is 218 g/mol. The standard InChI is InChI=1S/C12H23N3O2/c1-3-4-9(13)7-11(16)14-8(2)12(17)15-10-5-6-10/h8-10H,3-7,13H2,1-2H3,(H,14,16)(H,15,17). The van der Waals surface area contributed by atoms with Crippen molar-refractivity contribution in [2.24, 2.45) is 5.73 Å². The van der Waals surface area contributed by atoms with E-state index in [2.05, 4.69) is 10.6 Å². The van der Waals surface area contributed by atoms with Crippen LogP contribution in [-0.2, 0) is 9.59 Å². The van der Waals surface area contributed by atoms with E-state index in [9.17, 15) is 9.59 Å². The van der Waals surface area contributed by atoms with E-state index < -0.39 is 6.04 Å². The normalized spacial score (nSPS) is 18.3. The Morgan fingerprint density at radius 2 is 2.06 bits per heavy atom. The van der Waals surface area contributed by atoms with Gasteiger partial charge in [-0.05, 0) is 26.2 Å². The molecule has 1 rings (SSSR count). The molecule has 0 saturated heterocycles. The van der Waals surface area contributed by atoms with Crippen molar-refractivity contribution >= 4 is 11.8 Å². The number of carbonyl (C=O) groups excluding carboxylic acids is 2. The van der Waals surface area contributed by atoms with E-state index in [0.717, 1.165) is 25.7 Å². The minimum absolute atomic E-state index is 0.107. The van der Waals surface area contributed by atoms with E-state index in [1.165, 1.54) is 0 Å². The van der Waals surface area contributed by atoms with Gasteiger partial charge in [0.15, 0.2) is 0 Å². The van der Waals surface area contributed by atoms with Gasteiger partial charge in [-0.3, -0.25) is 9.59 Å². The molecule has 0 aromatic heterocycles. The lowest BCUT2D eigenvalue weighted by Crippen LogP contribution is -2.46. The summed E-state index contributed by atoms with van der Waals surface area (Å²) >= 11 is 0. The second-order valence-electron chi connectivity index (χ2n) is 4.82. The summed E-state index contributed by atoms with van der Waals surface area (Å²) in [6.45, 7) is 3.73. The third kappa shape index (κ3) is 5.68. The van der Waals surface area contributed by atoms with E-state index in [4.69, 9.17) is 5.73 Å². The van der Waals surface area contributed by atoms with E-state index in [-0.39, 0.29) is 24.3 Å². The lowest BCUT2D eigenvalue weighted by Gasteiger charge is -2.15. The Morgan fingerprint density at radius 3 is 2.59 bits per heavy atom. The molecule has 0 aliphatic heterocycles. The Kier molecular flexibility index (Phi) is 5.41. The molecule has 5 heteroatoms. The summed E-state index contributed by atoms with van der Waals surface area (Å²) in [6.07, 6.45) is 4.18. The maximum atomic E-state index is 11.6. The van der Waals surface area contributed by atoms with Crippen LogP contribution in [0.5, 0.6) is 0 Å². The van der Waals surface area contributed by atoms with Gasteiger partial charge >= 0.3 is 0 Å². The minimum Gasteiger partial charge on any atom is -0.352 e. The van der Waals surface area contributed by atoms with Gasteiger partial charge in [0.25, 0.3) is 0 Å². The van der Waals surface area contributed by atoms with Crippen molar-refractivity contribution in [1.29, 1.82) is 0 Å². The van der Waals surface area contributed by atoms with Gasteiger partial charge in [-0.2, -0.15) is 0 Å². The molecule has 17 heavy (non-hydrogen) atoms.